The molecule has 0 atom stereocenters. The number of para-hydroxylation sites is 2. The van der Waals surface area contributed by atoms with Crippen LogP contribution in [0.1, 0.15) is 0 Å². The van der Waals surface area contributed by atoms with E-state index in [1.807, 2.05) is 24.3 Å². The summed E-state index contributed by atoms with van der Waals surface area (Å²) >= 11 is 5.47. The topological polar surface area (TPSA) is 20.7 Å². The predicted octanol–water partition coefficient (Wildman–Crippen LogP) is 5.36. The molecule has 0 saturated carbocycles. The molecular formula is C19H14N2S. The smallest absolute Gasteiger partial charge is 0.182 e. The van der Waals surface area contributed by atoms with Gasteiger partial charge in [0.15, 0.2) is 4.77 Å². The summed E-state index contributed by atoms with van der Waals surface area (Å²) < 4.78 is 2.79. The number of aromatic nitrogens is 2. The zero-order valence-corrected chi connectivity index (χ0v) is 12.7. The Bertz CT molecular complexity index is 979. The second-order valence-corrected chi connectivity index (χ2v) is 5.58. The molecule has 4 aromatic rings. The first-order valence-electron chi connectivity index (χ1n) is 7.18. The van der Waals surface area contributed by atoms with Gasteiger partial charge in [-0.05, 0) is 47.6 Å². The summed E-state index contributed by atoms with van der Waals surface area (Å²) in [6, 6.07) is 27.0. The lowest BCUT2D eigenvalue weighted by atomic mass is 10.1. The monoisotopic (exact) mass is 302 g/mol. The summed E-state index contributed by atoms with van der Waals surface area (Å²) in [5.74, 6) is 0. The number of fused-ring (bicyclic) bond motifs is 1. The third-order valence-electron chi connectivity index (χ3n) is 3.82. The van der Waals surface area contributed by atoms with E-state index in [9.17, 15) is 0 Å². The van der Waals surface area contributed by atoms with Crippen molar-refractivity contribution in [2.75, 3.05) is 0 Å². The van der Waals surface area contributed by atoms with Gasteiger partial charge in [0.2, 0.25) is 0 Å². The molecule has 0 aliphatic carbocycles. The lowest BCUT2D eigenvalue weighted by Gasteiger charge is -2.07. The molecule has 1 aromatic heterocycles. The zero-order valence-electron chi connectivity index (χ0n) is 11.9. The summed E-state index contributed by atoms with van der Waals surface area (Å²) in [5.41, 5.74) is 5.65. The van der Waals surface area contributed by atoms with Crippen molar-refractivity contribution in [3.63, 3.8) is 0 Å². The number of imidazole rings is 1. The molecule has 1 heterocycles. The van der Waals surface area contributed by atoms with E-state index >= 15 is 0 Å². The molecule has 0 unspecified atom stereocenters. The molecule has 0 aliphatic rings. The van der Waals surface area contributed by atoms with E-state index in [1.165, 1.54) is 11.1 Å². The predicted molar refractivity (Wildman–Crippen MR) is 93.9 cm³/mol. The third-order valence-corrected chi connectivity index (χ3v) is 4.11. The second-order valence-electron chi connectivity index (χ2n) is 5.20. The Labute approximate surface area is 133 Å². The number of nitrogens with one attached hydrogen (secondary N) is 1. The fraction of sp³-hybridized carbons (Fsp3) is 0. The highest BCUT2D eigenvalue weighted by Gasteiger charge is 2.06. The molecule has 2 nitrogen and oxygen atoms in total. The number of aromatic amines is 1. The Balaban J connectivity index is 1.83. The summed E-state index contributed by atoms with van der Waals surface area (Å²) in [4.78, 5) is 3.25. The van der Waals surface area contributed by atoms with Gasteiger partial charge in [-0.15, -0.1) is 0 Å². The van der Waals surface area contributed by atoms with E-state index in [4.69, 9.17) is 12.2 Å². The van der Waals surface area contributed by atoms with Gasteiger partial charge < -0.3 is 4.98 Å². The van der Waals surface area contributed by atoms with Gasteiger partial charge in [0.05, 0.1) is 11.0 Å². The van der Waals surface area contributed by atoms with Crippen molar-refractivity contribution in [2.45, 2.75) is 0 Å². The number of nitrogens with zero attached hydrogens (tertiary/aromatic N) is 1. The van der Waals surface area contributed by atoms with Crippen LogP contribution >= 0.6 is 12.2 Å². The van der Waals surface area contributed by atoms with Crippen molar-refractivity contribution >= 4 is 23.3 Å². The van der Waals surface area contributed by atoms with E-state index in [0.717, 1.165) is 16.7 Å². The Morgan fingerprint density at radius 3 is 2.09 bits per heavy atom. The van der Waals surface area contributed by atoms with E-state index in [2.05, 4.69) is 64.1 Å². The van der Waals surface area contributed by atoms with Crippen molar-refractivity contribution in [3.05, 3.63) is 83.6 Å². The Morgan fingerprint density at radius 1 is 0.682 bits per heavy atom. The van der Waals surface area contributed by atoms with Crippen LogP contribution in [0.15, 0.2) is 78.9 Å². The van der Waals surface area contributed by atoms with Crippen LogP contribution in [-0.2, 0) is 0 Å². The fourth-order valence-electron chi connectivity index (χ4n) is 2.74. The summed E-state index contributed by atoms with van der Waals surface area (Å²) in [5, 5.41) is 0. The van der Waals surface area contributed by atoms with Gasteiger partial charge in [-0.3, -0.25) is 4.57 Å². The normalized spacial score (nSPS) is 10.9. The minimum absolute atomic E-state index is 0.716. The van der Waals surface area contributed by atoms with E-state index in [0.29, 0.717) is 4.77 Å². The number of hydrogen-bond donors (Lipinski definition) is 1. The lowest BCUT2D eigenvalue weighted by Crippen LogP contribution is -1.93. The molecule has 106 valence electrons. The van der Waals surface area contributed by atoms with Crippen LogP contribution in [0.5, 0.6) is 0 Å². The van der Waals surface area contributed by atoms with E-state index < -0.39 is 0 Å². The fourth-order valence-corrected chi connectivity index (χ4v) is 3.06. The molecule has 0 amide bonds. The highest BCUT2D eigenvalue weighted by atomic mass is 32.1. The maximum absolute atomic E-state index is 5.47. The summed E-state index contributed by atoms with van der Waals surface area (Å²) in [7, 11) is 0. The van der Waals surface area contributed by atoms with Crippen molar-refractivity contribution in [3.8, 4) is 16.8 Å². The van der Waals surface area contributed by atoms with Crippen LogP contribution in [0.25, 0.3) is 27.8 Å². The van der Waals surface area contributed by atoms with Crippen LogP contribution < -0.4 is 0 Å². The summed E-state index contributed by atoms with van der Waals surface area (Å²) in [6.45, 7) is 0. The molecule has 0 bridgehead atoms. The van der Waals surface area contributed by atoms with Gasteiger partial charge in [0.25, 0.3) is 0 Å². The first kappa shape index (κ1) is 13.0. The Morgan fingerprint density at radius 2 is 1.32 bits per heavy atom. The SMILES string of the molecule is S=c1[nH]c2ccccc2n1-c1ccc(-c2ccccc2)cc1. The maximum atomic E-state index is 5.47. The van der Waals surface area contributed by atoms with Crippen molar-refractivity contribution in [2.24, 2.45) is 0 Å². The highest BCUT2D eigenvalue weighted by Crippen LogP contribution is 2.23. The van der Waals surface area contributed by atoms with Crippen LogP contribution in [0.2, 0.25) is 0 Å². The molecule has 1 N–H and O–H groups in total. The minimum Gasteiger partial charge on any atom is -0.330 e. The van der Waals surface area contributed by atoms with E-state index in [-0.39, 0.29) is 0 Å². The van der Waals surface area contributed by atoms with Crippen LogP contribution in [0.4, 0.5) is 0 Å². The molecule has 0 radical (unpaired) electrons. The zero-order chi connectivity index (χ0) is 14.9. The largest absolute Gasteiger partial charge is 0.330 e. The minimum atomic E-state index is 0.716. The van der Waals surface area contributed by atoms with Crippen LogP contribution in [0.3, 0.4) is 0 Å². The Hall–Kier alpha value is -2.65. The first-order valence-corrected chi connectivity index (χ1v) is 7.59. The third kappa shape index (κ3) is 2.16. The van der Waals surface area contributed by atoms with Gasteiger partial charge in [0.1, 0.15) is 0 Å². The number of hydrogen-bond acceptors (Lipinski definition) is 1. The molecule has 3 heteroatoms. The van der Waals surface area contributed by atoms with Crippen LogP contribution in [-0.4, -0.2) is 9.55 Å². The van der Waals surface area contributed by atoms with Crippen molar-refractivity contribution in [1.82, 2.24) is 9.55 Å². The molecular weight excluding hydrogens is 288 g/mol. The van der Waals surface area contributed by atoms with Crippen molar-refractivity contribution < 1.29 is 0 Å². The number of H-pyrrole nitrogens is 1. The number of benzene rings is 3. The van der Waals surface area contributed by atoms with Gasteiger partial charge >= 0.3 is 0 Å². The maximum Gasteiger partial charge on any atom is 0.182 e. The van der Waals surface area contributed by atoms with Gasteiger partial charge in [0, 0.05) is 5.69 Å². The summed E-state index contributed by atoms with van der Waals surface area (Å²) in [6.07, 6.45) is 0. The van der Waals surface area contributed by atoms with E-state index in [1.54, 1.807) is 0 Å². The van der Waals surface area contributed by atoms with Crippen molar-refractivity contribution in [1.29, 1.82) is 0 Å². The average Bonchev–Trinajstić information content (AvgIpc) is 2.91. The quantitative estimate of drug-likeness (QED) is 0.495. The molecule has 3 aromatic carbocycles. The first-order chi connectivity index (χ1) is 10.8. The molecule has 0 aliphatic heterocycles. The van der Waals surface area contributed by atoms with Gasteiger partial charge in [-0.25, -0.2) is 0 Å². The average molecular weight is 302 g/mol. The molecule has 22 heavy (non-hydrogen) atoms. The van der Waals surface area contributed by atoms with Gasteiger partial charge in [-0.2, -0.15) is 0 Å². The second kappa shape index (κ2) is 5.28. The molecule has 0 saturated heterocycles. The highest BCUT2D eigenvalue weighted by molar-refractivity contribution is 7.71. The standard InChI is InChI=1S/C19H14N2S/c22-19-20-17-8-4-5-9-18(17)21(19)16-12-10-15(11-13-16)14-6-2-1-3-7-14/h1-13H,(H,20,22). The molecule has 4 rings (SSSR count). The number of rotatable bonds is 2. The lowest BCUT2D eigenvalue weighted by molar-refractivity contribution is 1.07. The van der Waals surface area contributed by atoms with Crippen LogP contribution in [0, 0.1) is 4.77 Å². The molecule has 0 fully saturated rings. The van der Waals surface area contributed by atoms with Gasteiger partial charge in [-0.1, -0.05) is 54.6 Å². The molecule has 0 spiro atoms. The Kier molecular flexibility index (Phi) is 3.13.